The van der Waals surface area contributed by atoms with Crippen molar-refractivity contribution < 1.29 is 9.47 Å². The van der Waals surface area contributed by atoms with Gasteiger partial charge in [-0.1, -0.05) is 43.1 Å². The van der Waals surface area contributed by atoms with Crippen molar-refractivity contribution in [3.05, 3.63) is 0 Å². The second-order valence-electron chi connectivity index (χ2n) is 4.20. The lowest BCUT2D eigenvalue weighted by Crippen LogP contribution is -2.19. The van der Waals surface area contributed by atoms with Crippen molar-refractivity contribution in [1.29, 1.82) is 0 Å². The molecule has 0 saturated carbocycles. The van der Waals surface area contributed by atoms with E-state index in [4.69, 9.17) is 9.47 Å². The Bertz CT molecular complexity index is 129. The molecule has 15 heavy (non-hydrogen) atoms. The first-order chi connectivity index (χ1) is 7.22. The van der Waals surface area contributed by atoms with Crippen molar-refractivity contribution in [2.24, 2.45) is 11.8 Å². The molecule has 0 fully saturated rings. The van der Waals surface area contributed by atoms with E-state index < -0.39 is 0 Å². The minimum absolute atomic E-state index is 0.612. The van der Waals surface area contributed by atoms with Crippen LogP contribution in [0.3, 0.4) is 0 Å². The number of hydrogen-bond donors (Lipinski definition) is 0. The third-order valence-corrected chi connectivity index (χ3v) is 3.32. The van der Waals surface area contributed by atoms with Gasteiger partial charge in [0.25, 0.3) is 0 Å². The molecule has 0 aliphatic carbocycles. The average Bonchev–Trinajstić information content (AvgIpc) is 2.21. The van der Waals surface area contributed by atoms with Gasteiger partial charge in [-0.3, -0.25) is 0 Å². The highest BCUT2D eigenvalue weighted by Gasteiger charge is 2.11. The summed E-state index contributed by atoms with van der Waals surface area (Å²) >= 11 is 3.51. The van der Waals surface area contributed by atoms with E-state index in [1.807, 2.05) is 0 Å². The quantitative estimate of drug-likeness (QED) is 0.451. The Hall–Kier alpha value is 0.400. The third kappa shape index (κ3) is 9.34. The van der Waals surface area contributed by atoms with Crippen LogP contribution in [0.5, 0.6) is 0 Å². The molecule has 0 spiro atoms. The van der Waals surface area contributed by atoms with Crippen molar-refractivity contribution in [3.8, 4) is 0 Å². The minimum atomic E-state index is 0.612. The second kappa shape index (κ2) is 10.9. The average molecular weight is 281 g/mol. The molecule has 1 atom stereocenters. The fourth-order valence-electron chi connectivity index (χ4n) is 1.12. The van der Waals surface area contributed by atoms with E-state index >= 15 is 0 Å². The molecule has 1 unspecified atom stereocenters. The van der Waals surface area contributed by atoms with Crippen molar-refractivity contribution >= 4 is 15.9 Å². The Morgan fingerprint density at radius 1 is 1.07 bits per heavy atom. The maximum absolute atomic E-state index is 5.57. The zero-order valence-electron chi connectivity index (χ0n) is 10.3. The number of halogens is 1. The van der Waals surface area contributed by atoms with Crippen molar-refractivity contribution in [2.45, 2.75) is 33.6 Å². The Morgan fingerprint density at radius 3 is 2.27 bits per heavy atom. The van der Waals surface area contributed by atoms with Gasteiger partial charge in [-0.25, -0.2) is 0 Å². The van der Waals surface area contributed by atoms with Crippen LogP contribution in [0, 0.1) is 11.8 Å². The van der Waals surface area contributed by atoms with Gasteiger partial charge >= 0.3 is 0 Å². The summed E-state index contributed by atoms with van der Waals surface area (Å²) in [4.78, 5) is 0. The number of unbranched alkanes of at least 4 members (excludes halogenated alkanes) is 1. The Kier molecular flexibility index (Phi) is 11.2. The minimum Gasteiger partial charge on any atom is -0.379 e. The van der Waals surface area contributed by atoms with E-state index in [0.717, 1.165) is 38.2 Å². The molecule has 2 nitrogen and oxygen atoms in total. The maximum Gasteiger partial charge on any atom is 0.0700 e. The van der Waals surface area contributed by atoms with Crippen LogP contribution in [-0.4, -0.2) is 31.8 Å². The Balaban J connectivity index is 3.22. The van der Waals surface area contributed by atoms with Gasteiger partial charge in [-0.2, -0.15) is 0 Å². The van der Waals surface area contributed by atoms with E-state index in [0.29, 0.717) is 11.8 Å². The van der Waals surface area contributed by atoms with Crippen molar-refractivity contribution in [3.63, 3.8) is 0 Å². The monoisotopic (exact) mass is 280 g/mol. The number of alkyl halides is 1. The van der Waals surface area contributed by atoms with Crippen LogP contribution in [0.1, 0.15) is 33.6 Å². The first-order valence-corrected chi connectivity index (χ1v) is 7.06. The molecule has 0 heterocycles. The first kappa shape index (κ1) is 15.4. The number of rotatable bonds is 10. The molecule has 0 aliphatic heterocycles. The summed E-state index contributed by atoms with van der Waals surface area (Å²) in [6, 6.07) is 0. The van der Waals surface area contributed by atoms with Gasteiger partial charge in [-0.15, -0.1) is 0 Å². The molecular formula is C12H25BrO2. The summed E-state index contributed by atoms with van der Waals surface area (Å²) < 4.78 is 11.0. The normalized spacial score (nSPS) is 13.4. The second-order valence-corrected chi connectivity index (χ2v) is 4.85. The van der Waals surface area contributed by atoms with Gasteiger partial charge in [0.1, 0.15) is 0 Å². The van der Waals surface area contributed by atoms with E-state index in [9.17, 15) is 0 Å². The zero-order chi connectivity index (χ0) is 11.5. The Labute approximate surface area is 103 Å². The van der Waals surface area contributed by atoms with E-state index in [-0.39, 0.29) is 0 Å². The number of hydrogen-bond acceptors (Lipinski definition) is 2. The summed E-state index contributed by atoms with van der Waals surface area (Å²) in [5.41, 5.74) is 0. The summed E-state index contributed by atoms with van der Waals surface area (Å²) in [5, 5.41) is 1.02. The molecule has 92 valence electrons. The van der Waals surface area contributed by atoms with Gasteiger partial charge in [-0.05, 0) is 18.3 Å². The molecule has 0 radical (unpaired) electrons. The topological polar surface area (TPSA) is 18.5 Å². The molecule has 0 aromatic heterocycles. The van der Waals surface area contributed by atoms with Gasteiger partial charge in [0, 0.05) is 11.9 Å². The predicted molar refractivity (Wildman–Crippen MR) is 68.7 cm³/mol. The molecule has 0 saturated heterocycles. The molecule has 0 aliphatic rings. The van der Waals surface area contributed by atoms with Crippen LogP contribution in [0.15, 0.2) is 0 Å². The van der Waals surface area contributed by atoms with Crippen molar-refractivity contribution in [2.75, 3.05) is 31.8 Å². The summed E-state index contributed by atoms with van der Waals surface area (Å²) in [6.07, 6.45) is 2.34. The lowest BCUT2D eigenvalue weighted by Gasteiger charge is -2.17. The maximum atomic E-state index is 5.57. The lowest BCUT2D eigenvalue weighted by atomic mass is 9.99. The molecular weight excluding hydrogens is 256 g/mol. The summed E-state index contributed by atoms with van der Waals surface area (Å²) in [6.45, 7) is 9.78. The molecule has 0 amide bonds. The fraction of sp³-hybridized carbons (Fsp3) is 1.00. The van der Waals surface area contributed by atoms with Crippen LogP contribution in [0.25, 0.3) is 0 Å². The summed E-state index contributed by atoms with van der Waals surface area (Å²) in [5.74, 6) is 1.28. The van der Waals surface area contributed by atoms with Crippen LogP contribution < -0.4 is 0 Å². The Morgan fingerprint density at radius 2 is 1.73 bits per heavy atom. The lowest BCUT2D eigenvalue weighted by molar-refractivity contribution is 0.0297. The highest BCUT2D eigenvalue weighted by molar-refractivity contribution is 9.09. The largest absolute Gasteiger partial charge is 0.379 e. The van der Waals surface area contributed by atoms with Crippen LogP contribution in [-0.2, 0) is 9.47 Å². The molecule has 0 rings (SSSR count). The van der Waals surface area contributed by atoms with Crippen LogP contribution >= 0.6 is 15.9 Å². The smallest absolute Gasteiger partial charge is 0.0700 e. The SMILES string of the molecule is CCCCOCCOCC(CBr)C(C)C. The van der Waals surface area contributed by atoms with Gasteiger partial charge in [0.2, 0.25) is 0 Å². The van der Waals surface area contributed by atoms with E-state index in [1.54, 1.807) is 0 Å². The van der Waals surface area contributed by atoms with Crippen molar-refractivity contribution in [1.82, 2.24) is 0 Å². The fourth-order valence-corrected chi connectivity index (χ4v) is 2.05. The van der Waals surface area contributed by atoms with Gasteiger partial charge in [0.15, 0.2) is 0 Å². The van der Waals surface area contributed by atoms with Gasteiger partial charge < -0.3 is 9.47 Å². The predicted octanol–water partition coefficient (Wildman–Crippen LogP) is 3.49. The highest BCUT2D eigenvalue weighted by atomic mass is 79.9. The zero-order valence-corrected chi connectivity index (χ0v) is 11.9. The van der Waals surface area contributed by atoms with Crippen LogP contribution in [0.2, 0.25) is 0 Å². The van der Waals surface area contributed by atoms with Gasteiger partial charge in [0.05, 0.1) is 19.8 Å². The summed E-state index contributed by atoms with van der Waals surface area (Å²) in [7, 11) is 0. The molecule has 0 N–H and O–H groups in total. The van der Waals surface area contributed by atoms with E-state index in [2.05, 4.69) is 36.7 Å². The highest BCUT2D eigenvalue weighted by Crippen LogP contribution is 2.13. The molecule has 0 aromatic carbocycles. The third-order valence-electron chi connectivity index (χ3n) is 2.49. The van der Waals surface area contributed by atoms with E-state index in [1.165, 1.54) is 6.42 Å². The molecule has 0 aromatic rings. The molecule has 0 bridgehead atoms. The first-order valence-electron chi connectivity index (χ1n) is 5.93. The van der Waals surface area contributed by atoms with Crippen LogP contribution in [0.4, 0.5) is 0 Å². The standard InChI is InChI=1S/C12H25BrO2/c1-4-5-6-14-7-8-15-10-12(9-13)11(2)3/h11-12H,4-10H2,1-3H3. The molecule has 3 heteroatoms. The number of ether oxygens (including phenoxy) is 2.